The first-order valence-corrected chi connectivity index (χ1v) is 7.38. The average molecular weight is 298 g/mol. The van der Waals surface area contributed by atoms with Crippen molar-refractivity contribution in [2.75, 3.05) is 20.7 Å². The van der Waals surface area contributed by atoms with Crippen LogP contribution in [-0.2, 0) is 15.1 Å². The van der Waals surface area contributed by atoms with Crippen molar-refractivity contribution in [2.24, 2.45) is 11.8 Å². The normalized spacial score (nSPS) is 23.7. The van der Waals surface area contributed by atoms with E-state index in [4.69, 9.17) is 4.74 Å². The topological polar surface area (TPSA) is 53.3 Å². The summed E-state index contributed by atoms with van der Waals surface area (Å²) in [5, 5.41) is 10.0. The van der Waals surface area contributed by atoms with Gasteiger partial charge in [0.05, 0.1) is 18.6 Å². The molecule has 0 saturated carbocycles. The van der Waals surface area contributed by atoms with Crippen LogP contribution in [0.15, 0.2) is 42.5 Å². The number of carbonyl (C=O) groups is 1. The molecule has 1 fully saturated rings. The molecule has 3 atom stereocenters. The molecule has 116 valence electrons. The first kappa shape index (κ1) is 16.3. The molecule has 1 heterocycles. The van der Waals surface area contributed by atoms with Crippen LogP contribution in [-0.4, -0.2) is 31.6 Å². The zero-order chi connectivity index (χ0) is 16.3. The van der Waals surface area contributed by atoms with Crippen LogP contribution < -0.4 is 0 Å². The summed E-state index contributed by atoms with van der Waals surface area (Å²) in [7, 11) is 3.74. The molecule has 1 aliphatic heterocycles. The molecule has 4 heteroatoms. The lowest BCUT2D eigenvalue weighted by molar-refractivity contribution is -0.141. The maximum absolute atomic E-state index is 12.1. The Kier molecular flexibility index (Phi) is 4.68. The van der Waals surface area contributed by atoms with Gasteiger partial charge in [0.1, 0.15) is 5.54 Å². The molecule has 0 aliphatic carbocycles. The number of nitrogens with zero attached hydrogens (tertiary/aromatic N) is 2. The third kappa shape index (κ3) is 2.65. The van der Waals surface area contributed by atoms with E-state index in [9.17, 15) is 10.1 Å². The Bertz CT molecular complexity index is 603. The fourth-order valence-corrected chi connectivity index (χ4v) is 3.32. The predicted molar refractivity (Wildman–Crippen MR) is 84.8 cm³/mol. The van der Waals surface area contributed by atoms with E-state index < -0.39 is 5.54 Å². The highest BCUT2D eigenvalue weighted by Crippen LogP contribution is 2.43. The Morgan fingerprint density at radius 2 is 2.09 bits per heavy atom. The minimum absolute atomic E-state index is 0.223. The predicted octanol–water partition coefficient (Wildman–Crippen LogP) is 2.72. The first-order valence-electron chi connectivity index (χ1n) is 7.38. The molecule has 1 saturated heterocycles. The highest BCUT2D eigenvalue weighted by atomic mass is 16.5. The number of rotatable bonds is 5. The standard InChI is InChI=1S/C18H22N2O2/c1-13(2)10-15-16(11-22-17(15)21)18(12-19,20(3)4)14-8-6-5-7-9-14/h5-9,15-16H,1,10-11H2,2-4H3. The SMILES string of the molecule is C=C(C)CC1C(=O)OCC1C(C#N)(c1ccccc1)N(C)C. The third-order valence-electron chi connectivity index (χ3n) is 4.39. The molecule has 4 nitrogen and oxygen atoms in total. The summed E-state index contributed by atoms with van der Waals surface area (Å²) in [5.74, 6) is -0.788. The van der Waals surface area contributed by atoms with Gasteiger partial charge in [0.25, 0.3) is 0 Å². The molecule has 1 aromatic rings. The number of ether oxygens (including phenoxy) is 1. The van der Waals surface area contributed by atoms with Gasteiger partial charge in [0.2, 0.25) is 0 Å². The van der Waals surface area contributed by atoms with Gasteiger partial charge in [0, 0.05) is 5.92 Å². The van der Waals surface area contributed by atoms with Crippen LogP contribution in [0, 0.1) is 23.2 Å². The van der Waals surface area contributed by atoms with E-state index in [1.54, 1.807) is 0 Å². The summed E-state index contributed by atoms with van der Waals surface area (Å²) < 4.78 is 5.30. The minimum Gasteiger partial charge on any atom is -0.465 e. The number of esters is 1. The van der Waals surface area contributed by atoms with E-state index in [1.165, 1.54) is 0 Å². The molecule has 0 bridgehead atoms. The van der Waals surface area contributed by atoms with Gasteiger partial charge in [-0.3, -0.25) is 9.69 Å². The number of hydrogen-bond acceptors (Lipinski definition) is 4. The Labute approximate surface area is 132 Å². The van der Waals surface area contributed by atoms with Gasteiger partial charge in [-0.2, -0.15) is 5.26 Å². The molecule has 2 rings (SSSR count). The lowest BCUT2D eigenvalue weighted by Crippen LogP contribution is -2.49. The van der Waals surface area contributed by atoms with Crippen molar-refractivity contribution in [3.05, 3.63) is 48.0 Å². The second-order valence-corrected chi connectivity index (χ2v) is 6.14. The molecule has 1 aromatic carbocycles. The average Bonchev–Trinajstić information content (AvgIpc) is 2.83. The van der Waals surface area contributed by atoms with E-state index in [0.29, 0.717) is 6.42 Å². The van der Waals surface area contributed by atoms with Crippen molar-refractivity contribution >= 4 is 5.97 Å². The smallest absolute Gasteiger partial charge is 0.309 e. The van der Waals surface area contributed by atoms with Crippen molar-refractivity contribution in [2.45, 2.75) is 18.9 Å². The molecule has 0 amide bonds. The summed E-state index contributed by atoms with van der Waals surface area (Å²) in [4.78, 5) is 14.0. The van der Waals surface area contributed by atoms with Crippen molar-refractivity contribution in [3.8, 4) is 6.07 Å². The highest BCUT2D eigenvalue weighted by molar-refractivity contribution is 5.75. The number of carbonyl (C=O) groups excluding carboxylic acids is 1. The van der Waals surface area contributed by atoms with E-state index in [1.807, 2.05) is 56.3 Å². The van der Waals surface area contributed by atoms with Crippen LogP contribution in [0.3, 0.4) is 0 Å². The van der Waals surface area contributed by atoms with Gasteiger partial charge in [0.15, 0.2) is 0 Å². The zero-order valence-electron chi connectivity index (χ0n) is 13.4. The fourth-order valence-electron chi connectivity index (χ4n) is 3.32. The maximum Gasteiger partial charge on any atom is 0.309 e. The minimum atomic E-state index is -0.895. The van der Waals surface area contributed by atoms with Crippen molar-refractivity contribution < 1.29 is 9.53 Å². The summed E-state index contributed by atoms with van der Waals surface area (Å²) >= 11 is 0. The Morgan fingerprint density at radius 1 is 1.45 bits per heavy atom. The molecule has 1 aliphatic rings. The second kappa shape index (κ2) is 6.33. The molecule has 0 spiro atoms. The molecule has 3 unspecified atom stereocenters. The lowest BCUT2D eigenvalue weighted by Gasteiger charge is -2.40. The van der Waals surface area contributed by atoms with E-state index in [-0.39, 0.29) is 24.4 Å². The van der Waals surface area contributed by atoms with Gasteiger partial charge in [-0.05, 0) is 33.0 Å². The number of nitriles is 1. The van der Waals surface area contributed by atoms with E-state index >= 15 is 0 Å². The number of hydrogen-bond donors (Lipinski definition) is 0. The molecule has 0 radical (unpaired) electrons. The number of allylic oxidation sites excluding steroid dienone is 1. The quantitative estimate of drug-likeness (QED) is 0.619. The fraction of sp³-hybridized carbons (Fsp3) is 0.444. The van der Waals surface area contributed by atoms with Gasteiger partial charge in [-0.15, -0.1) is 6.58 Å². The van der Waals surface area contributed by atoms with Gasteiger partial charge < -0.3 is 4.74 Å². The third-order valence-corrected chi connectivity index (χ3v) is 4.39. The summed E-state index contributed by atoms with van der Waals surface area (Å²) in [6.45, 7) is 6.07. The van der Waals surface area contributed by atoms with Crippen molar-refractivity contribution in [1.29, 1.82) is 5.26 Å². The van der Waals surface area contributed by atoms with Crippen molar-refractivity contribution in [1.82, 2.24) is 4.90 Å². The summed E-state index contributed by atoms with van der Waals surface area (Å²) in [6.07, 6.45) is 0.549. The largest absolute Gasteiger partial charge is 0.465 e. The van der Waals surface area contributed by atoms with Crippen molar-refractivity contribution in [3.63, 3.8) is 0 Å². The molecular weight excluding hydrogens is 276 g/mol. The van der Waals surface area contributed by atoms with Crippen LogP contribution in [0.5, 0.6) is 0 Å². The van der Waals surface area contributed by atoms with E-state index in [2.05, 4.69) is 12.6 Å². The van der Waals surface area contributed by atoms with Gasteiger partial charge in [-0.25, -0.2) is 0 Å². The summed E-state index contributed by atoms with van der Waals surface area (Å²) in [5.41, 5.74) is 0.915. The maximum atomic E-state index is 12.1. The lowest BCUT2D eigenvalue weighted by atomic mass is 9.71. The van der Waals surface area contributed by atoms with Gasteiger partial charge in [-0.1, -0.05) is 35.9 Å². The van der Waals surface area contributed by atoms with E-state index in [0.717, 1.165) is 11.1 Å². The molecule has 0 N–H and O–H groups in total. The molecular formula is C18H22N2O2. The Balaban J connectivity index is 2.53. The highest BCUT2D eigenvalue weighted by Gasteiger charge is 2.53. The zero-order valence-corrected chi connectivity index (χ0v) is 13.4. The van der Waals surface area contributed by atoms with Gasteiger partial charge >= 0.3 is 5.97 Å². The van der Waals surface area contributed by atoms with Crippen LogP contribution in [0.25, 0.3) is 0 Å². The van der Waals surface area contributed by atoms with Crippen LogP contribution in [0.1, 0.15) is 18.9 Å². The number of benzene rings is 1. The Morgan fingerprint density at radius 3 is 2.59 bits per heavy atom. The van der Waals surface area contributed by atoms with Crippen LogP contribution in [0.4, 0.5) is 0 Å². The molecule has 0 aromatic heterocycles. The second-order valence-electron chi connectivity index (χ2n) is 6.14. The summed E-state index contributed by atoms with van der Waals surface area (Å²) in [6, 6.07) is 12.1. The van der Waals surface area contributed by atoms with Crippen LogP contribution >= 0.6 is 0 Å². The van der Waals surface area contributed by atoms with Crippen LogP contribution in [0.2, 0.25) is 0 Å². The number of cyclic esters (lactones) is 1. The first-order chi connectivity index (χ1) is 10.4. The monoisotopic (exact) mass is 298 g/mol. The molecule has 22 heavy (non-hydrogen) atoms. The Hall–Kier alpha value is -2.12.